The predicted molar refractivity (Wildman–Crippen MR) is 107 cm³/mol. The average molecular weight is 432 g/mol. The molecule has 0 aromatic rings. The third-order valence-corrected chi connectivity index (χ3v) is 7.59. The van der Waals surface area contributed by atoms with Crippen LogP contribution >= 0.6 is 0 Å². The lowest BCUT2D eigenvalue weighted by atomic mass is 9.96. The maximum Gasteiger partial charge on any atom is 0.310 e. The molecule has 2 rings (SSSR count). The standard InChI is InChI=1S/C19H33N3O6S/c1-4-28-19(25)16-7-6-10-21(13-16)17(23)14-20(3)18(24)15-8-11-22(12-9-15)29(26,27)5-2/h15-16H,4-14H2,1-3H3. The number of hydrogen-bond acceptors (Lipinski definition) is 6. The first-order valence-electron chi connectivity index (χ1n) is 10.4. The second kappa shape index (κ2) is 10.4. The Kier molecular flexibility index (Phi) is 8.45. The zero-order valence-electron chi connectivity index (χ0n) is 17.6. The molecule has 1 atom stereocenters. The van der Waals surface area contributed by atoms with Gasteiger partial charge in [0.25, 0.3) is 0 Å². The molecule has 0 saturated carbocycles. The molecule has 29 heavy (non-hydrogen) atoms. The Morgan fingerprint density at radius 1 is 1.03 bits per heavy atom. The molecule has 0 aliphatic carbocycles. The number of carbonyl (C=O) groups excluding carboxylic acids is 3. The third kappa shape index (κ3) is 6.15. The quantitative estimate of drug-likeness (QED) is 0.537. The Bertz CT molecular complexity index is 703. The van der Waals surface area contributed by atoms with Gasteiger partial charge in [-0.3, -0.25) is 14.4 Å². The molecular weight excluding hydrogens is 398 g/mol. The van der Waals surface area contributed by atoms with E-state index in [0.29, 0.717) is 52.0 Å². The summed E-state index contributed by atoms with van der Waals surface area (Å²) in [6, 6.07) is 0. The van der Waals surface area contributed by atoms with Crippen LogP contribution in [0.1, 0.15) is 39.5 Å². The number of carbonyl (C=O) groups is 3. The van der Waals surface area contributed by atoms with Gasteiger partial charge in [-0.15, -0.1) is 0 Å². The number of ether oxygens (including phenoxy) is 1. The molecule has 2 aliphatic rings. The van der Waals surface area contributed by atoms with Gasteiger partial charge in [0.1, 0.15) is 0 Å². The topological polar surface area (TPSA) is 104 Å². The Balaban J connectivity index is 1.85. The largest absolute Gasteiger partial charge is 0.466 e. The van der Waals surface area contributed by atoms with Gasteiger partial charge >= 0.3 is 5.97 Å². The third-order valence-electron chi connectivity index (χ3n) is 5.70. The normalized spacial score (nSPS) is 21.6. The summed E-state index contributed by atoms with van der Waals surface area (Å²) in [5, 5.41) is 0. The highest BCUT2D eigenvalue weighted by molar-refractivity contribution is 7.89. The molecule has 2 saturated heterocycles. The number of amides is 2. The summed E-state index contributed by atoms with van der Waals surface area (Å²) >= 11 is 0. The summed E-state index contributed by atoms with van der Waals surface area (Å²) in [5.41, 5.74) is 0. The Morgan fingerprint density at radius 3 is 2.28 bits per heavy atom. The van der Waals surface area contributed by atoms with Gasteiger partial charge in [-0.2, -0.15) is 0 Å². The fourth-order valence-electron chi connectivity index (χ4n) is 3.91. The van der Waals surface area contributed by atoms with Crippen LogP contribution in [0.3, 0.4) is 0 Å². The van der Waals surface area contributed by atoms with Crippen LogP contribution in [0.2, 0.25) is 0 Å². The molecule has 0 spiro atoms. The molecule has 0 bridgehead atoms. The minimum atomic E-state index is -3.23. The smallest absolute Gasteiger partial charge is 0.310 e. The lowest BCUT2D eigenvalue weighted by Gasteiger charge is -2.34. The zero-order chi connectivity index (χ0) is 21.6. The van der Waals surface area contributed by atoms with Gasteiger partial charge in [-0.1, -0.05) is 0 Å². The van der Waals surface area contributed by atoms with E-state index < -0.39 is 10.0 Å². The van der Waals surface area contributed by atoms with Crippen molar-refractivity contribution in [2.24, 2.45) is 11.8 Å². The van der Waals surface area contributed by atoms with Gasteiger partial charge in [0.2, 0.25) is 21.8 Å². The van der Waals surface area contributed by atoms with Gasteiger partial charge in [0, 0.05) is 39.1 Å². The van der Waals surface area contributed by atoms with Crippen molar-refractivity contribution in [3.63, 3.8) is 0 Å². The zero-order valence-corrected chi connectivity index (χ0v) is 18.4. The first kappa shape index (κ1) is 23.6. The van der Waals surface area contributed by atoms with Crippen molar-refractivity contribution >= 4 is 27.8 Å². The molecule has 2 fully saturated rings. The second-order valence-corrected chi connectivity index (χ2v) is 9.96. The highest BCUT2D eigenvalue weighted by atomic mass is 32.2. The van der Waals surface area contributed by atoms with E-state index in [1.807, 2.05) is 0 Å². The summed E-state index contributed by atoms with van der Waals surface area (Å²) < 4.78 is 30.4. The Hall–Kier alpha value is -1.68. The van der Waals surface area contributed by atoms with E-state index in [-0.39, 0.29) is 41.9 Å². The van der Waals surface area contributed by atoms with Crippen molar-refractivity contribution < 1.29 is 27.5 Å². The fourth-order valence-corrected chi connectivity index (χ4v) is 5.04. The summed E-state index contributed by atoms with van der Waals surface area (Å²) in [4.78, 5) is 40.4. The minimum absolute atomic E-state index is 0.0398. The van der Waals surface area contributed by atoms with E-state index in [1.54, 1.807) is 25.8 Å². The molecule has 9 nitrogen and oxygen atoms in total. The van der Waals surface area contributed by atoms with Crippen LogP contribution in [0, 0.1) is 11.8 Å². The summed E-state index contributed by atoms with van der Waals surface area (Å²) in [6.45, 7) is 5.21. The lowest BCUT2D eigenvalue weighted by Crippen LogP contribution is -2.49. The number of esters is 1. The summed E-state index contributed by atoms with van der Waals surface area (Å²) in [5.74, 6) is -1.11. The van der Waals surface area contributed by atoms with E-state index in [9.17, 15) is 22.8 Å². The van der Waals surface area contributed by atoms with E-state index in [0.717, 1.165) is 6.42 Å². The first-order valence-corrected chi connectivity index (χ1v) is 12.0. The fraction of sp³-hybridized carbons (Fsp3) is 0.842. The van der Waals surface area contributed by atoms with Crippen LogP contribution < -0.4 is 0 Å². The summed E-state index contributed by atoms with van der Waals surface area (Å²) in [6.07, 6.45) is 2.37. The SMILES string of the molecule is CCOC(=O)C1CCCN(C(=O)CN(C)C(=O)C2CCN(S(=O)(=O)CC)CC2)C1. The van der Waals surface area contributed by atoms with Gasteiger partial charge in [-0.05, 0) is 39.5 Å². The van der Waals surface area contributed by atoms with Crippen molar-refractivity contribution in [2.75, 3.05) is 52.1 Å². The second-order valence-electron chi connectivity index (χ2n) is 7.70. The van der Waals surface area contributed by atoms with Crippen molar-refractivity contribution in [3.8, 4) is 0 Å². The number of piperidine rings is 2. The molecule has 2 amide bonds. The van der Waals surface area contributed by atoms with Crippen LogP contribution in [0.4, 0.5) is 0 Å². The molecule has 0 N–H and O–H groups in total. The van der Waals surface area contributed by atoms with E-state index >= 15 is 0 Å². The molecule has 0 radical (unpaired) electrons. The van der Waals surface area contributed by atoms with Gasteiger partial charge in [0.05, 0.1) is 24.8 Å². The Labute approximate surface area is 173 Å². The monoisotopic (exact) mass is 431 g/mol. The number of likely N-dealkylation sites (N-methyl/N-ethyl adjacent to an activating group) is 1. The molecule has 166 valence electrons. The van der Waals surface area contributed by atoms with Crippen LogP contribution in [0.5, 0.6) is 0 Å². The molecule has 10 heteroatoms. The molecule has 0 aromatic heterocycles. The lowest BCUT2D eigenvalue weighted by molar-refractivity contribution is -0.152. The van der Waals surface area contributed by atoms with Crippen molar-refractivity contribution in [1.82, 2.24) is 14.1 Å². The van der Waals surface area contributed by atoms with Crippen molar-refractivity contribution in [3.05, 3.63) is 0 Å². The summed E-state index contributed by atoms with van der Waals surface area (Å²) in [7, 11) is -1.63. The van der Waals surface area contributed by atoms with E-state index in [1.165, 1.54) is 9.21 Å². The van der Waals surface area contributed by atoms with E-state index in [2.05, 4.69) is 0 Å². The maximum atomic E-state index is 12.7. The van der Waals surface area contributed by atoms with Crippen molar-refractivity contribution in [1.29, 1.82) is 0 Å². The van der Waals surface area contributed by atoms with Gasteiger partial charge in [-0.25, -0.2) is 12.7 Å². The van der Waals surface area contributed by atoms with Gasteiger partial charge < -0.3 is 14.5 Å². The molecule has 2 aliphatic heterocycles. The maximum absolute atomic E-state index is 12.7. The van der Waals surface area contributed by atoms with Crippen LogP contribution in [0.25, 0.3) is 0 Å². The number of nitrogens with zero attached hydrogens (tertiary/aromatic N) is 3. The predicted octanol–water partition coefficient (Wildman–Crippen LogP) is 0.308. The molecule has 1 unspecified atom stereocenters. The highest BCUT2D eigenvalue weighted by Gasteiger charge is 2.33. The molecular formula is C19H33N3O6S. The number of sulfonamides is 1. The molecule has 0 aromatic carbocycles. The first-order chi connectivity index (χ1) is 13.7. The molecule has 2 heterocycles. The number of rotatable bonds is 7. The van der Waals surface area contributed by atoms with Gasteiger partial charge in [0.15, 0.2) is 0 Å². The number of hydrogen-bond donors (Lipinski definition) is 0. The average Bonchev–Trinajstić information content (AvgIpc) is 2.73. The van der Waals surface area contributed by atoms with Crippen LogP contribution in [-0.2, 0) is 29.1 Å². The highest BCUT2D eigenvalue weighted by Crippen LogP contribution is 2.22. The van der Waals surface area contributed by atoms with E-state index in [4.69, 9.17) is 4.74 Å². The minimum Gasteiger partial charge on any atom is -0.466 e. The Morgan fingerprint density at radius 2 is 1.69 bits per heavy atom. The van der Waals surface area contributed by atoms with Crippen molar-refractivity contribution in [2.45, 2.75) is 39.5 Å². The number of likely N-dealkylation sites (tertiary alicyclic amines) is 1. The van der Waals surface area contributed by atoms with Crippen LogP contribution in [0.15, 0.2) is 0 Å². The van der Waals surface area contributed by atoms with Crippen LogP contribution in [-0.4, -0.2) is 92.4 Å².